The molecule has 4 heteroatoms. The van der Waals surface area contributed by atoms with Crippen LogP contribution in [0.4, 0.5) is 0 Å². The summed E-state index contributed by atoms with van der Waals surface area (Å²) in [5.41, 5.74) is 0.952. The van der Waals surface area contributed by atoms with Crippen molar-refractivity contribution in [3.8, 4) is 5.88 Å². The van der Waals surface area contributed by atoms with Gasteiger partial charge in [0.25, 0.3) is 0 Å². The normalized spacial score (nSPS) is 10.8. The van der Waals surface area contributed by atoms with Gasteiger partial charge in [0.05, 0.1) is 24.7 Å². The van der Waals surface area contributed by atoms with Crippen LogP contribution in [0.3, 0.4) is 0 Å². The van der Waals surface area contributed by atoms with Crippen LogP contribution in [-0.2, 0) is 6.54 Å². The van der Waals surface area contributed by atoms with E-state index in [0.29, 0.717) is 11.8 Å². The second kappa shape index (κ2) is 8.01. The molecule has 0 saturated heterocycles. The molecule has 1 aromatic heterocycles. The molecular weight excluding hydrogens is 214 g/mol. The first-order valence-electron chi connectivity index (χ1n) is 6.36. The Morgan fingerprint density at radius 1 is 1.29 bits per heavy atom. The van der Waals surface area contributed by atoms with Crippen molar-refractivity contribution in [3.63, 3.8) is 0 Å². The molecule has 1 rings (SSSR count). The molecule has 0 aromatic carbocycles. The lowest BCUT2D eigenvalue weighted by Gasteiger charge is -2.07. The summed E-state index contributed by atoms with van der Waals surface area (Å²) in [6.45, 7) is 8.98. The van der Waals surface area contributed by atoms with Gasteiger partial charge in [0.15, 0.2) is 0 Å². The van der Waals surface area contributed by atoms with Crippen LogP contribution in [0.2, 0.25) is 0 Å². The Morgan fingerprint density at radius 2 is 2.12 bits per heavy atom. The summed E-state index contributed by atoms with van der Waals surface area (Å²) in [6.07, 6.45) is 5.65. The van der Waals surface area contributed by atoms with Crippen LogP contribution >= 0.6 is 0 Å². The maximum Gasteiger partial charge on any atom is 0.232 e. The number of aromatic nitrogens is 2. The van der Waals surface area contributed by atoms with Crippen LogP contribution in [0.1, 0.15) is 39.3 Å². The monoisotopic (exact) mass is 237 g/mol. The Labute approximate surface area is 104 Å². The largest absolute Gasteiger partial charge is 0.477 e. The minimum Gasteiger partial charge on any atom is -0.477 e. The summed E-state index contributed by atoms with van der Waals surface area (Å²) in [4.78, 5) is 8.53. The van der Waals surface area contributed by atoms with Crippen molar-refractivity contribution in [1.29, 1.82) is 0 Å². The SMILES string of the molecule is CCCCOc1cnc(CNCC(C)C)cn1. The standard InChI is InChI=1S/C13H23N3O/c1-4-5-6-17-13-10-15-12(9-16-13)8-14-7-11(2)3/h9-11,14H,4-8H2,1-3H3. The van der Waals surface area contributed by atoms with Crippen LogP contribution in [0.15, 0.2) is 12.4 Å². The summed E-state index contributed by atoms with van der Waals surface area (Å²) < 4.78 is 5.45. The van der Waals surface area contributed by atoms with E-state index in [1.54, 1.807) is 12.4 Å². The first-order chi connectivity index (χ1) is 8.22. The average Bonchev–Trinajstić information content (AvgIpc) is 2.31. The van der Waals surface area contributed by atoms with E-state index in [1.807, 2.05) is 0 Å². The molecule has 0 fully saturated rings. The van der Waals surface area contributed by atoms with Crippen LogP contribution in [-0.4, -0.2) is 23.1 Å². The van der Waals surface area contributed by atoms with E-state index >= 15 is 0 Å². The van der Waals surface area contributed by atoms with Crippen molar-refractivity contribution in [2.24, 2.45) is 5.92 Å². The van der Waals surface area contributed by atoms with Crippen molar-refractivity contribution in [2.75, 3.05) is 13.2 Å². The Kier molecular flexibility index (Phi) is 6.55. The fourth-order valence-electron chi connectivity index (χ4n) is 1.32. The highest BCUT2D eigenvalue weighted by atomic mass is 16.5. The van der Waals surface area contributed by atoms with E-state index in [-0.39, 0.29) is 0 Å². The van der Waals surface area contributed by atoms with Crippen molar-refractivity contribution >= 4 is 0 Å². The zero-order chi connectivity index (χ0) is 12.5. The number of hydrogen-bond acceptors (Lipinski definition) is 4. The average molecular weight is 237 g/mol. The second-order valence-electron chi connectivity index (χ2n) is 4.57. The van der Waals surface area contributed by atoms with E-state index in [2.05, 4.69) is 36.1 Å². The quantitative estimate of drug-likeness (QED) is 0.705. The van der Waals surface area contributed by atoms with Gasteiger partial charge in [-0.25, -0.2) is 4.98 Å². The molecule has 4 nitrogen and oxygen atoms in total. The Hall–Kier alpha value is -1.16. The third-order valence-corrected chi connectivity index (χ3v) is 2.29. The van der Waals surface area contributed by atoms with Crippen LogP contribution in [0, 0.1) is 5.92 Å². The Balaban J connectivity index is 2.29. The van der Waals surface area contributed by atoms with Crippen LogP contribution in [0.5, 0.6) is 5.88 Å². The predicted molar refractivity (Wildman–Crippen MR) is 69.0 cm³/mol. The molecule has 0 radical (unpaired) electrons. The van der Waals surface area contributed by atoms with Crippen LogP contribution < -0.4 is 10.1 Å². The predicted octanol–water partition coefficient (Wildman–Crippen LogP) is 2.40. The summed E-state index contributed by atoms with van der Waals surface area (Å²) in [7, 11) is 0. The lowest BCUT2D eigenvalue weighted by atomic mass is 10.2. The van der Waals surface area contributed by atoms with Gasteiger partial charge in [-0.15, -0.1) is 0 Å². The van der Waals surface area contributed by atoms with Crippen molar-refractivity contribution in [1.82, 2.24) is 15.3 Å². The number of unbranched alkanes of at least 4 members (excludes halogenated alkanes) is 1. The molecule has 0 bridgehead atoms. The lowest BCUT2D eigenvalue weighted by molar-refractivity contribution is 0.296. The number of hydrogen-bond donors (Lipinski definition) is 1. The summed E-state index contributed by atoms with van der Waals surface area (Å²) in [5, 5.41) is 3.33. The highest BCUT2D eigenvalue weighted by molar-refractivity contribution is 5.07. The van der Waals surface area contributed by atoms with Gasteiger partial charge >= 0.3 is 0 Å². The van der Waals surface area contributed by atoms with E-state index in [0.717, 1.165) is 38.2 Å². The van der Waals surface area contributed by atoms with Gasteiger partial charge in [0.1, 0.15) is 0 Å². The van der Waals surface area contributed by atoms with Gasteiger partial charge in [0.2, 0.25) is 5.88 Å². The van der Waals surface area contributed by atoms with Crippen LogP contribution in [0.25, 0.3) is 0 Å². The highest BCUT2D eigenvalue weighted by Gasteiger charge is 1.99. The maximum atomic E-state index is 5.45. The smallest absolute Gasteiger partial charge is 0.232 e. The molecule has 0 amide bonds. The lowest BCUT2D eigenvalue weighted by Crippen LogP contribution is -2.19. The van der Waals surface area contributed by atoms with E-state index < -0.39 is 0 Å². The zero-order valence-electron chi connectivity index (χ0n) is 11.1. The van der Waals surface area contributed by atoms with Gasteiger partial charge in [-0.1, -0.05) is 27.2 Å². The molecule has 0 aliphatic heterocycles. The van der Waals surface area contributed by atoms with E-state index in [1.165, 1.54) is 0 Å². The van der Waals surface area contributed by atoms with Gasteiger partial charge < -0.3 is 10.1 Å². The van der Waals surface area contributed by atoms with Gasteiger partial charge in [-0.2, -0.15) is 0 Å². The molecule has 0 aliphatic carbocycles. The van der Waals surface area contributed by atoms with E-state index in [4.69, 9.17) is 4.74 Å². The molecular formula is C13H23N3O. The first-order valence-corrected chi connectivity index (χ1v) is 6.36. The molecule has 1 heterocycles. The maximum absolute atomic E-state index is 5.45. The molecule has 0 unspecified atom stereocenters. The molecule has 0 atom stereocenters. The first kappa shape index (κ1) is 13.9. The Bertz CT molecular complexity index is 298. The summed E-state index contributed by atoms with van der Waals surface area (Å²) in [6, 6.07) is 0. The fourth-order valence-corrected chi connectivity index (χ4v) is 1.32. The third kappa shape index (κ3) is 6.22. The van der Waals surface area contributed by atoms with Crippen molar-refractivity contribution < 1.29 is 4.74 Å². The number of nitrogens with one attached hydrogen (secondary N) is 1. The molecule has 96 valence electrons. The van der Waals surface area contributed by atoms with E-state index in [9.17, 15) is 0 Å². The summed E-state index contributed by atoms with van der Waals surface area (Å²) in [5.74, 6) is 1.27. The minimum atomic E-state index is 0.617. The molecule has 1 aromatic rings. The second-order valence-corrected chi connectivity index (χ2v) is 4.57. The fraction of sp³-hybridized carbons (Fsp3) is 0.692. The van der Waals surface area contributed by atoms with Crippen molar-refractivity contribution in [2.45, 2.75) is 40.2 Å². The highest BCUT2D eigenvalue weighted by Crippen LogP contribution is 2.05. The zero-order valence-corrected chi connectivity index (χ0v) is 11.1. The molecule has 17 heavy (non-hydrogen) atoms. The van der Waals surface area contributed by atoms with Crippen molar-refractivity contribution in [3.05, 3.63) is 18.1 Å². The number of ether oxygens (including phenoxy) is 1. The van der Waals surface area contributed by atoms with Gasteiger partial charge in [-0.05, 0) is 18.9 Å². The summed E-state index contributed by atoms with van der Waals surface area (Å²) >= 11 is 0. The van der Waals surface area contributed by atoms with Gasteiger partial charge in [-0.3, -0.25) is 4.98 Å². The molecule has 0 saturated carbocycles. The number of rotatable bonds is 8. The molecule has 1 N–H and O–H groups in total. The molecule has 0 aliphatic rings. The minimum absolute atomic E-state index is 0.617. The number of nitrogens with zero attached hydrogens (tertiary/aromatic N) is 2. The Morgan fingerprint density at radius 3 is 2.71 bits per heavy atom. The van der Waals surface area contributed by atoms with Gasteiger partial charge in [0, 0.05) is 6.54 Å². The third-order valence-electron chi connectivity index (χ3n) is 2.29. The molecule has 0 spiro atoms. The topological polar surface area (TPSA) is 47.0 Å².